The van der Waals surface area contributed by atoms with E-state index in [1.807, 2.05) is 63.4 Å². The molecule has 1 unspecified atom stereocenters. The van der Waals surface area contributed by atoms with E-state index in [1.165, 1.54) is 22.9 Å². The molecular formula is C46H62N8O6S2. The molecule has 334 valence electrons. The van der Waals surface area contributed by atoms with Crippen LogP contribution in [-0.2, 0) is 30.4 Å². The Morgan fingerprint density at radius 2 is 1.44 bits per heavy atom. The van der Waals surface area contributed by atoms with Gasteiger partial charge in [-0.1, -0.05) is 102 Å². The number of imidazole rings is 2. The minimum absolute atomic E-state index is 0.0383. The van der Waals surface area contributed by atoms with Gasteiger partial charge in [0.2, 0.25) is 18.2 Å². The molecule has 1 saturated heterocycles. The molecule has 5 heterocycles. The monoisotopic (exact) mass is 886 g/mol. The number of carbonyl (C=O) groups excluding carboxylic acids is 4. The average Bonchev–Trinajstić information content (AvgIpc) is 4.16. The maximum atomic E-state index is 12.8. The van der Waals surface area contributed by atoms with Crippen molar-refractivity contribution in [1.29, 1.82) is 0 Å². The summed E-state index contributed by atoms with van der Waals surface area (Å²) in [5, 5.41) is 9.22. The van der Waals surface area contributed by atoms with Crippen LogP contribution in [0, 0.1) is 0 Å². The number of amides is 4. The highest BCUT2D eigenvalue weighted by atomic mass is 32.1. The number of ether oxygens (including phenoxy) is 2. The minimum atomic E-state index is -0.633. The van der Waals surface area contributed by atoms with Crippen LogP contribution in [0.3, 0.4) is 0 Å². The lowest BCUT2D eigenvalue weighted by Gasteiger charge is -2.23. The SMILES string of the molecule is CC.CCC.CCCN(Cc1ncc(-c2ccc(-c3csc4c(-c5cnc(C6CCCN6C(=O)CNC(=O)OC)[nH]5)csc34)cc2)[nH]1)C(=O)CNC=O.COC.c1ccccc1. The first-order chi connectivity index (χ1) is 30.2. The van der Waals surface area contributed by atoms with Gasteiger partial charge in [-0.05, 0) is 30.4 Å². The Hall–Kier alpha value is -5.84. The summed E-state index contributed by atoms with van der Waals surface area (Å²) >= 11 is 3.38. The van der Waals surface area contributed by atoms with Crippen LogP contribution in [0.25, 0.3) is 43.0 Å². The molecule has 1 aliphatic heterocycles. The number of hydrogen-bond donors (Lipinski definition) is 4. The highest BCUT2D eigenvalue weighted by Gasteiger charge is 2.32. The molecule has 1 fully saturated rings. The summed E-state index contributed by atoms with van der Waals surface area (Å²) < 4.78 is 11.2. The van der Waals surface area contributed by atoms with Crippen molar-refractivity contribution in [2.24, 2.45) is 0 Å². The predicted octanol–water partition coefficient (Wildman–Crippen LogP) is 9.31. The van der Waals surface area contributed by atoms with Crippen LogP contribution in [0.1, 0.15) is 78.0 Å². The molecule has 0 saturated carbocycles. The molecule has 0 aliphatic carbocycles. The van der Waals surface area contributed by atoms with Crippen LogP contribution in [-0.4, -0.2) is 102 Å². The highest BCUT2D eigenvalue weighted by molar-refractivity contribution is 7.27. The molecule has 16 heteroatoms. The van der Waals surface area contributed by atoms with E-state index in [0.29, 0.717) is 31.9 Å². The van der Waals surface area contributed by atoms with Crippen LogP contribution in [0.15, 0.2) is 83.8 Å². The Balaban J connectivity index is 0.000000636. The van der Waals surface area contributed by atoms with E-state index >= 15 is 0 Å². The van der Waals surface area contributed by atoms with Crippen molar-refractivity contribution in [3.63, 3.8) is 0 Å². The number of likely N-dealkylation sites (tertiary alicyclic amines) is 1. The topological polar surface area (TPSA) is 175 Å². The number of alkyl carbamates (subject to hydrolysis) is 1. The average molecular weight is 887 g/mol. The minimum Gasteiger partial charge on any atom is -0.453 e. The molecule has 1 atom stereocenters. The van der Waals surface area contributed by atoms with Gasteiger partial charge >= 0.3 is 6.09 Å². The third-order valence-corrected chi connectivity index (χ3v) is 11.1. The first kappa shape index (κ1) is 50.5. The van der Waals surface area contributed by atoms with Crippen LogP contribution in [0.2, 0.25) is 0 Å². The zero-order valence-corrected chi connectivity index (χ0v) is 38.8. The number of carbonyl (C=O) groups is 4. The first-order valence-electron chi connectivity index (χ1n) is 20.9. The number of nitrogens with one attached hydrogen (secondary N) is 4. The molecule has 0 bridgehead atoms. The van der Waals surface area contributed by atoms with Crippen molar-refractivity contribution in [3.8, 4) is 33.6 Å². The lowest BCUT2D eigenvalue weighted by Crippen LogP contribution is -2.40. The zero-order chi connectivity index (χ0) is 45.3. The van der Waals surface area contributed by atoms with Gasteiger partial charge in [-0.2, -0.15) is 0 Å². The van der Waals surface area contributed by atoms with E-state index in [1.54, 1.807) is 52.9 Å². The summed E-state index contributed by atoms with van der Waals surface area (Å²) in [5.41, 5.74) is 6.08. The third kappa shape index (κ3) is 14.7. The van der Waals surface area contributed by atoms with E-state index < -0.39 is 6.09 Å². The van der Waals surface area contributed by atoms with Crippen molar-refractivity contribution in [2.45, 2.75) is 72.9 Å². The van der Waals surface area contributed by atoms with Crippen LogP contribution in [0.4, 0.5) is 4.79 Å². The van der Waals surface area contributed by atoms with Gasteiger partial charge in [0, 0.05) is 49.2 Å². The summed E-state index contributed by atoms with van der Waals surface area (Å²) in [6, 6.07) is 20.1. The summed E-state index contributed by atoms with van der Waals surface area (Å²) in [4.78, 5) is 66.7. The lowest BCUT2D eigenvalue weighted by atomic mass is 10.0. The number of thiophene rings is 2. The third-order valence-electron chi connectivity index (χ3n) is 8.95. The molecule has 0 radical (unpaired) electrons. The molecule has 4 aromatic heterocycles. The summed E-state index contributed by atoms with van der Waals surface area (Å²) in [6.45, 7) is 11.6. The van der Waals surface area contributed by atoms with Gasteiger partial charge in [-0.3, -0.25) is 14.4 Å². The van der Waals surface area contributed by atoms with Gasteiger partial charge in [-0.15, -0.1) is 22.7 Å². The lowest BCUT2D eigenvalue weighted by molar-refractivity contribution is -0.132. The number of rotatable bonds is 13. The Bertz CT molecular complexity index is 2170. The number of fused-ring (bicyclic) bond motifs is 1. The number of aromatic nitrogens is 4. The fraction of sp³-hybridized carbons (Fsp3) is 0.391. The van der Waals surface area contributed by atoms with Crippen molar-refractivity contribution < 1.29 is 28.7 Å². The molecule has 7 rings (SSSR count). The number of H-pyrrole nitrogens is 2. The molecule has 0 spiro atoms. The molecule has 62 heavy (non-hydrogen) atoms. The largest absolute Gasteiger partial charge is 0.453 e. The zero-order valence-electron chi connectivity index (χ0n) is 37.2. The van der Waals surface area contributed by atoms with Gasteiger partial charge in [-0.25, -0.2) is 14.8 Å². The number of aromatic amines is 2. The second-order valence-corrected chi connectivity index (χ2v) is 15.4. The highest BCUT2D eigenvalue weighted by Crippen LogP contribution is 2.44. The molecular weight excluding hydrogens is 825 g/mol. The Kier molecular flexibility index (Phi) is 22.7. The van der Waals surface area contributed by atoms with Gasteiger partial charge in [0.15, 0.2) is 0 Å². The Labute approximate surface area is 373 Å². The van der Waals surface area contributed by atoms with Gasteiger partial charge < -0.3 is 39.9 Å². The predicted molar refractivity (Wildman–Crippen MR) is 251 cm³/mol. The van der Waals surface area contributed by atoms with E-state index in [4.69, 9.17) is 0 Å². The normalized spacial score (nSPS) is 12.5. The van der Waals surface area contributed by atoms with Crippen LogP contribution in [0.5, 0.6) is 0 Å². The summed E-state index contributed by atoms with van der Waals surface area (Å²) in [7, 11) is 4.52. The second kappa shape index (κ2) is 27.9. The van der Waals surface area contributed by atoms with Crippen LogP contribution < -0.4 is 10.6 Å². The molecule has 1 aliphatic rings. The Morgan fingerprint density at radius 1 is 0.855 bits per heavy atom. The number of hydrogen-bond acceptors (Lipinski definition) is 10. The van der Waals surface area contributed by atoms with E-state index in [9.17, 15) is 19.2 Å². The van der Waals surface area contributed by atoms with E-state index in [0.717, 1.165) is 58.7 Å². The fourth-order valence-corrected chi connectivity index (χ4v) is 8.75. The maximum Gasteiger partial charge on any atom is 0.407 e. The van der Waals surface area contributed by atoms with E-state index in [-0.39, 0.29) is 30.9 Å². The quantitative estimate of drug-likeness (QED) is 0.0831. The first-order valence-corrected chi connectivity index (χ1v) is 22.6. The van der Waals surface area contributed by atoms with Gasteiger partial charge in [0.1, 0.15) is 18.2 Å². The molecule has 4 N–H and O–H groups in total. The molecule has 2 aromatic carbocycles. The fourth-order valence-electron chi connectivity index (χ4n) is 6.31. The smallest absolute Gasteiger partial charge is 0.407 e. The van der Waals surface area contributed by atoms with E-state index in [2.05, 4.69) is 88.9 Å². The van der Waals surface area contributed by atoms with Crippen LogP contribution >= 0.6 is 22.7 Å². The van der Waals surface area contributed by atoms with Crippen molar-refractivity contribution in [1.82, 2.24) is 40.4 Å². The number of nitrogens with zero attached hydrogens (tertiary/aromatic N) is 4. The number of benzene rings is 2. The molecule has 4 amide bonds. The van der Waals surface area contributed by atoms with Gasteiger partial charge in [0.25, 0.3) is 0 Å². The molecule has 14 nitrogen and oxygen atoms in total. The molecule has 6 aromatic rings. The standard InChI is InChI=1S/C33H36N8O5S2.C6H6.C3H8.C2H6O.C2H6/c1-3-10-40(28(43)14-34-19-42)16-27-35-12-24(38-27)21-8-6-20(7-9-21)22-17-47-31-23(18-48-30(22)31)25-13-36-32(39-25)26-5-4-11-41(26)29(44)15-37-33(45)46-2;1-2-4-6-5-3-1;2*1-3-2;1-2/h6-9,12-13,17-19,26H,3-5,10-11,14-16H2,1-2H3,(H,34,42)(H,35,38)(H,36,39)(H,37,45);1-6H;3H2,1-2H3;1-2H3;1-2H3. The Morgan fingerprint density at radius 3 is 2.03 bits per heavy atom. The van der Waals surface area contributed by atoms with Crippen molar-refractivity contribution in [3.05, 3.63) is 95.5 Å². The van der Waals surface area contributed by atoms with Gasteiger partial charge in [0.05, 0.1) is 59.4 Å². The van der Waals surface area contributed by atoms with Crippen molar-refractivity contribution in [2.75, 3.05) is 47.5 Å². The number of methoxy groups -OCH3 is 2. The second-order valence-electron chi connectivity index (χ2n) is 13.6. The maximum absolute atomic E-state index is 12.8. The van der Waals surface area contributed by atoms with Crippen molar-refractivity contribution >= 4 is 56.4 Å². The summed E-state index contributed by atoms with van der Waals surface area (Å²) in [6.07, 6.45) is 7.20. The summed E-state index contributed by atoms with van der Waals surface area (Å²) in [5.74, 6) is 1.09.